The van der Waals surface area contributed by atoms with Crippen LogP contribution in [0, 0.1) is 0 Å². The third-order valence-corrected chi connectivity index (χ3v) is 8.54. The molecule has 3 aliphatic heterocycles. The average molecular weight is 514 g/mol. The van der Waals surface area contributed by atoms with E-state index in [1.807, 2.05) is 20.0 Å². The van der Waals surface area contributed by atoms with Crippen molar-refractivity contribution in [1.29, 1.82) is 0 Å². The number of rotatable bonds is 6. The molecule has 0 spiro atoms. The fraction of sp³-hybridized carbons (Fsp3) is 0.583. The van der Waals surface area contributed by atoms with Gasteiger partial charge >= 0.3 is 6.09 Å². The van der Waals surface area contributed by atoms with Crippen LogP contribution in [0.15, 0.2) is 17.2 Å². The molecule has 2 atom stereocenters. The van der Waals surface area contributed by atoms with E-state index >= 15 is 0 Å². The number of aromatic nitrogens is 3. The Labute approximate surface area is 212 Å². The van der Waals surface area contributed by atoms with Crippen molar-refractivity contribution in [2.45, 2.75) is 55.5 Å². The van der Waals surface area contributed by atoms with Crippen LogP contribution in [0.4, 0.5) is 22.4 Å². The second kappa shape index (κ2) is 8.75. The van der Waals surface area contributed by atoms with E-state index < -0.39 is 22.4 Å². The molecule has 0 radical (unpaired) electrons. The molecule has 1 amide bonds. The van der Waals surface area contributed by atoms with Gasteiger partial charge in [0.05, 0.1) is 28.1 Å². The maximum Gasteiger partial charge on any atom is 0.404 e. The summed E-state index contributed by atoms with van der Waals surface area (Å²) in [7, 11) is -1.18. The fourth-order valence-corrected chi connectivity index (χ4v) is 6.38. The molecule has 0 unspecified atom stereocenters. The molecule has 1 saturated heterocycles. The highest BCUT2D eigenvalue weighted by molar-refractivity contribution is 7.85. The summed E-state index contributed by atoms with van der Waals surface area (Å²) in [6, 6.07) is 2.29. The van der Waals surface area contributed by atoms with Crippen molar-refractivity contribution in [3.63, 3.8) is 0 Å². The molecule has 1 saturated carbocycles. The van der Waals surface area contributed by atoms with Crippen molar-refractivity contribution >= 4 is 34.5 Å². The molecule has 5 heterocycles. The van der Waals surface area contributed by atoms with Crippen molar-refractivity contribution in [1.82, 2.24) is 15.0 Å². The third-order valence-electron chi connectivity index (χ3n) is 7.08. The average Bonchev–Trinajstić information content (AvgIpc) is 3.64. The number of nitrogens with zero attached hydrogens (tertiary/aromatic N) is 5. The van der Waals surface area contributed by atoms with Crippen LogP contribution < -0.4 is 25.6 Å². The summed E-state index contributed by atoms with van der Waals surface area (Å²) < 4.78 is 23.9. The smallest absolute Gasteiger partial charge is 0.404 e. The van der Waals surface area contributed by atoms with Crippen LogP contribution in [0.25, 0.3) is 0 Å². The van der Waals surface area contributed by atoms with Gasteiger partial charge in [-0.15, -0.1) is 0 Å². The number of carbonyl (C=O) groups excluding carboxylic acids is 1. The monoisotopic (exact) mass is 513 g/mol. The topological polar surface area (TPSA) is 136 Å². The third kappa shape index (κ3) is 4.42. The molecule has 2 fully saturated rings. The number of piperazine rings is 1. The van der Waals surface area contributed by atoms with E-state index in [9.17, 15) is 9.00 Å². The molecular formula is C24H31N7O4S. The van der Waals surface area contributed by atoms with Crippen molar-refractivity contribution < 1.29 is 18.5 Å². The molecule has 2 aromatic heterocycles. The van der Waals surface area contributed by atoms with Crippen molar-refractivity contribution in [3.05, 3.63) is 23.5 Å². The van der Waals surface area contributed by atoms with Crippen molar-refractivity contribution in [3.8, 4) is 5.75 Å². The second-order valence-corrected chi connectivity index (χ2v) is 12.0. The second-order valence-electron chi connectivity index (χ2n) is 10.5. The van der Waals surface area contributed by atoms with E-state index in [4.69, 9.17) is 30.2 Å². The SMILES string of the molecule is CC(C)(COC(N)=O)Nc1nc(N2CCN3c4ncc(C5CC5)cc4OC[C@H]3C2)nc2c1[S@](=O)CC2. The maximum atomic E-state index is 12.7. The molecular weight excluding hydrogens is 482 g/mol. The Morgan fingerprint density at radius 2 is 2.17 bits per heavy atom. The molecule has 2 aromatic rings. The zero-order chi connectivity index (χ0) is 25.0. The van der Waals surface area contributed by atoms with Gasteiger partial charge in [-0.1, -0.05) is 0 Å². The highest BCUT2D eigenvalue weighted by Crippen LogP contribution is 2.43. The molecule has 11 nitrogen and oxygen atoms in total. The molecule has 0 aromatic carbocycles. The molecule has 3 N–H and O–H groups in total. The van der Waals surface area contributed by atoms with E-state index in [0.717, 1.165) is 30.4 Å². The number of carbonyl (C=O) groups is 1. The number of anilines is 3. The fourth-order valence-electron chi connectivity index (χ4n) is 5.08. The summed E-state index contributed by atoms with van der Waals surface area (Å²) in [5.74, 6) is 4.08. The minimum absolute atomic E-state index is 0.0516. The largest absolute Gasteiger partial charge is 0.487 e. The zero-order valence-corrected chi connectivity index (χ0v) is 21.3. The van der Waals surface area contributed by atoms with Gasteiger partial charge in [-0.25, -0.2) is 14.8 Å². The Morgan fingerprint density at radius 3 is 2.94 bits per heavy atom. The van der Waals surface area contributed by atoms with Crippen LogP contribution in [-0.4, -0.2) is 75.4 Å². The minimum atomic E-state index is -1.18. The number of fused-ring (bicyclic) bond motifs is 4. The van der Waals surface area contributed by atoms with E-state index in [2.05, 4.69) is 21.2 Å². The van der Waals surface area contributed by atoms with Crippen LogP contribution in [0.2, 0.25) is 0 Å². The Balaban J connectivity index is 1.23. The van der Waals surface area contributed by atoms with Gasteiger partial charge in [0.15, 0.2) is 11.6 Å². The van der Waals surface area contributed by atoms with E-state index in [1.54, 1.807) is 0 Å². The first-order chi connectivity index (χ1) is 17.3. The first-order valence-corrected chi connectivity index (χ1v) is 13.7. The van der Waals surface area contributed by atoms with Crippen LogP contribution in [0.3, 0.4) is 0 Å². The molecule has 0 bridgehead atoms. The molecule has 1 aliphatic carbocycles. The Morgan fingerprint density at radius 1 is 1.33 bits per heavy atom. The van der Waals surface area contributed by atoms with Gasteiger partial charge in [0, 0.05) is 38.0 Å². The Kier molecular flexibility index (Phi) is 5.66. The summed E-state index contributed by atoms with van der Waals surface area (Å²) in [5.41, 5.74) is 6.56. The minimum Gasteiger partial charge on any atom is -0.487 e. The number of aryl methyl sites for hydroxylation is 1. The number of pyridine rings is 1. The summed E-state index contributed by atoms with van der Waals surface area (Å²) >= 11 is 0. The van der Waals surface area contributed by atoms with Gasteiger partial charge in [0.2, 0.25) is 5.95 Å². The van der Waals surface area contributed by atoms with E-state index in [0.29, 0.717) is 47.9 Å². The normalized spacial score (nSPS) is 22.8. The van der Waals surface area contributed by atoms with Crippen LogP contribution >= 0.6 is 0 Å². The van der Waals surface area contributed by atoms with Gasteiger partial charge in [-0.3, -0.25) is 4.21 Å². The van der Waals surface area contributed by atoms with Crippen molar-refractivity contribution in [2.24, 2.45) is 5.73 Å². The number of nitrogens with one attached hydrogen (secondary N) is 1. The lowest BCUT2D eigenvalue weighted by Gasteiger charge is -2.44. The van der Waals surface area contributed by atoms with Crippen LogP contribution in [0.5, 0.6) is 5.75 Å². The van der Waals surface area contributed by atoms with Gasteiger partial charge < -0.3 is 30.3 Å². The lowest BCUT2D eigenvalue weighted by Crippen LogP contribution is -2.58. The first kappa shape index (κ1) is 23.3. The van der Waals surface area contributed by atoms with Gasteiger partial charge in [-0.2, -0.15) is 4.98 Å². The standard InChI is InChI=1S/C24H31N7O4S/c1-24(2,13-35-22(25)32)29-20-19-17(5-8-36(19)33)27-23(28-20)30-6-7-31-16(11-30)12-34-18-9-15(14-3-4-14)10-26-21(18)31/h9-10,14,16H,3-8,11-13H2,1-2H3,(H2,25,32)(H,27,28,29)/t16-,36-/m1/s1. The highest BCUT2D eigenvalue weighted by Gasteiger charge is 2.37. The zero-order valence-electron chi connectivity index (χ0n) is 20.5. The Bertz CT molecular complexity index is 1240. The predicted molar refractivity (Wildman–Crippen MR) is 135 cm³/mol. The lowest BCUT2D eigenvalue weighted by molar-refractivity contribution is 0.138. The first-order valence-electron chi connectivity index (χ1n) is 12.4. The molecule has 192 valence electrons. The van der Waals surface area contributed by atoms with Crippen LogP contribution in [-0.2, 0) is 22.0 Å². The quantitative estimate of drug-likeness (QED) is 0.588. The van der Waals surface area contributed by atoms with Crippen molar-refractivity contribution in [2.75, 3.05) is 53.7 Å². The van der Waals surface area contributed by atoms with Gasteiger partial charge in [0.25, 0.3) is 0 Å². The predicted octanol–water partition coefficient (Wildman–Crippen LogP) is 1.79. The van der Waals surface area contributed by atoms with Crippen LogP contribution in [0.1, 0.15) is 43.9 Å². The lowest BCUT2D eigenvalue weighted by atomic mass is 10.1. The molecule has 36 heavy (non-hydrogen) atoms. The van der Waals surface area contributed by atoms with E-state index in [1.165, 1.54) is 18.4 Å². The highest BCUT2D eigenvalue weighted by atomic mass is 32.2. The number of primary amides is 1. The summed E-state index contributed by atoms with van der Waals surface area (Å²) in [6.45, 7) is 6.59. The Hall–Kier alpha value is -3.15. The summed E-state index contributed by atoms with van der Waals surface area (Å²) in [6.07, 6.45) is 4.27. The number of ether oxygens (including phenoxy) is 2. The molecule has 4 aliphatic rings. The summed E-state index contributed by atoms with van der Waals surface area (Å²) in [4.78, 5) is 30.6. The summed E-state index contributed by atoms with van der Waals surface area (Å²) in [5, 5.41) is 3.32. The van der Waals surface area contributed by atoms with Gasteiger partial charge in [0.1, 0.15) is 23.9 Å². The number of hydrogen-bond acceptors (Lipinski definition) is 10. The van der Waals surface area contributed by atoms with Gasteiger partial charge in [-0.05, 0) is 44.2 Å². The maximum absolute atomic E-state index is 12.7. The number of hydrogen-bond donors (Lipinski definition) is 2. The molecule has 12 heteroatoms. The molecule has 6 rings (SSSR count). The van der Waals surface area contributed by atoms with E-state index in [-0.39, 0.29) is 12.6 Å². The number of nitrogens with two attached hydrogens (primary N) is 1. The number of amides is 1.